The van der Waals surface area contributed by atoms with E-state index < -0.39 is 24.0 Å². The molecule has 2 atom stereocenters. The molecule has 11 heteroatoms. The van der Waals surface area contributed by atoms with Crippen LogP contribution < -0.4 is 20.6 Å². The Hall–Kier alpha value is -3.57. The van der Waals surface area contributed by atoms with Crippen LogP contribution in [0.1, 0.15) is 40.0 Å². The van der Waals surface area contributed by atoms with Crippen LogP contribution in [0.3, 0.4) is 0 Å². The summed E-state index contributed by atoms with van der Waals surface area (Å²) in [5.74, 6) is 1.07. The second-order valence-electron chi connectivity index (χ2n) is 8.97. The van der Waals surface area contributed by atoms with E-state index in [2.05, 4.69) is 10.4 Å². The number of fused-ring (bicyclic) bond motifs is 1. The predicted octanol–water partition coefficient (Wildman–Crippen LogP) is 3.34. The zero-order valence-corrected chi connectivity index (χ0v) is 19.7. The quantitative estimate of drug-likeness (QED) is 0.653. The fourth-order valence-electron chi connectivity index (χ4n) is 4.63. The number of hydrogen-bond donors (Lipinski definition) is 2. The predicted molar refractivity (Wildman–Crippen MR) is 127 cm³/mol. The first-order valence-corrected chi connectivity index (χ1v) is 11.5. The van der Waals surface area contributed by atoms with Crippen molar-refractivity contribution in [3.05, 3.63) is 70.9 Å². The summed E-state index contributed by atoms with van der Waals surface area (Å²) < 4.78 is 52.7. The van der Waals surface area contributed by atoms with Crippen molar-refractivity contribution in [1.82, 2.24) is 15.3 Å². The third-order valence-electron chi connectivity index (χ3n) is 6.57. The van der Waals surface area contributed by atoms with E-state index in [0.29, 0.717) is 35.7 Å². The van der Waals surface area contributed by atoms with Crippen molar-refractivity contribution in [3.8, 4) is 11.5 Å². The first-order valence-electron chi connectivity index (χ1n) is 11.5. The number of nitrogens with zero attached hydrogens (tertiary/aromatic N) is 3. The second kappa shape index (κ2) is 9.14. The van der Waals surface area contributed by atoms with Gasteiger partial charge in [-0.15, -0.1) is 0 Å². The number of ether oxygens (including phenoxy) is 2. The number of amidine groups is 1. The number of nitrogens with two attached hydrogens (primary N) is 1. The van der Waals surface area contributed by atoms with E-state index in [9.17, 15) is 18.0 Å². The monoisotopic (exact) mass is 501 g/mol. The Balaban J connectivity index is 1.40. The van der Waals surface area contributed by atoms with Gasteiger partial charge in [-0.2, -0.15) is 13.2 Å². The van der Waals surface area contributed by atoms with Crippen LogP contribution in [0.2, 0.25) is 0 Å². The van der Waals surface area contributed by atoms with Gasteiger partial charge < -0.3 is 20.1 Å². The summed E-state index contributed by atoms with van der Waals surface area (Å²) in [5, 5.41) is 1.02. The molecule has 3 heterocycles. The molecule has 8 nitrogen and oxygen atoms in total. The summed E-state index contributed by atoms with van der Waals surface area (Å²) in [6.07, 6.45) is -3.24. The van der Waals surface area contributed by atoms with Gasteiger partial charge in [-0.05, 0) is 41.5 Å². The lowest BCUT2D eigenvalue weighted by molar-refractivity contribution is -0.109. The van der Waals surface area contributed by atoms with Crippen LogP contribution in [0, 0.1) is 0 Å². The number of rotatable bonds is 5. The number of carbonyl (C=O) groups is 1. The molecule has 3 aliphatic heterocycles. The molecule has 36 heavy (non-hydrogen) atoms. The molecule has 0 aromatic heterocycles. The average molecular weight is 502 g/mol. The molecule has 0 saturated carbocycles. The summed E-state index contributed by atoms with van der Waals surface area (Å²) in [5.41, 5.74) is 9.69. The van der Waals surface area contributed by atoms with Gasteiger partial charge in [0, 0.05) is 31.1 Å². The maximum Gasteiger partial charge on any atom is 0.432 e. The third-order valence-corrected chi connectivity index (χ3v) is 6.57. The van der Waals surface area contributed by atoms with Crippen molar-refractivity contribution in [2.75, 3.05) is 27.3 Å². The normalized spacial score (nSPS) is 21.9. The lowest BCUT2D eigenvalue weighted by Crippen LogP contribution is -2.57. The van der Waals surface area contributed by atoms with Crippen molar-refractivity contribution < 1.29 is 27.4 Å². The molecule has 3 N–H and O–H groups in total. The number of nitrogens with one attached hydrogen (secondary N) is 1. The van der Waals surface area contributed by atoms with Gasteiger partial charge in [-0.25, -0.2) is 5.43 Å². The van der Waals surface area contributed by atoms with Crippen molar-refractivity contribution >= 4 is 11.7 Å². The second-order valence-corrected chi connectivity index (χ2v) is 8.97. The number of alkyl halides is 3. The lowest BCUT2D eigenvalue weighted by atomic mass is 10.0. The Labute approximate surface area is 206 Å². The fourth-order valence-corrected chi connectivity index (χ4v) is 4.63. The van der Waals surface area contributed by atoms with Gasteiger partial charge in [-0.3, -0.25) is 14.8 Å². The van der Waals surface area contributed by atoms with Crippen molar-refractivity contribution in [2.24, 2.45) is 10.7 Å². The van der Waals surface area contributed by atoms with Crippen LogP contribution in [-0.4, -0.2) is 61.2 Å². The SMILES string of the molecule is COc1ccc(C2C=C(C(F)(F)F)N3NC(c4ccc(C(=O)N5CC(N)C5)cc4)CC3=N2)cc1OC. The van der Waals surface area contributed by atoms with Crippen molar-refractivity contribution in [2.45, 2.75) is 30.7 Å². The molecule has 0 bridgehead atoms. The van der Waals surface area contributed by atoms with Crippen molar-refractivity contribution in [1.29, 1.82) is 0 Å². The Bertz CT molecular complexity index is 1220. The van der Waals surface area contributed by atoms with Crippen LogP contribution >= 0.6 is 0 Å². The first-order chi connectivity index (χ1) is 17.2. The number of methoxy groups -OCH3 is 2. The van der Waals surface area contributed by atoms with Gasteiger partial charge in [0.25, 0.3) is 5.91 Å². The number of hydrazine groups is 1. The lowest BCUT2D eigenvalue weighted by Gasteiger charge is -2.36. The highest BCUT2D eigenvalue weighted by Crippen LogP contribution is 2.41. The summed E-state index contributed by atoms with van der Waals surface area (Å²) in [4.78, 5) is 18.8. The highest BCUT2D eigenvalue weighted by Gasteiger charge is 2.46. The number of carbonyl (C=O) groups excluding carboxylic acids is 1. The molecule has 190 valence electrons. The highest BCUT2D eigenvalue weighted by molar-refractivity contribution is 5.95. The molecular weight excluding hydrogens is 475 g/mol. The molecule has 2 saturated heterocycles. The van der Waals surface area contributed by atoms with Crippen LogP contribution in [0.25, 0.3) is 0 Å². The number of hydrogen-bond acceptors (Lipinski definition) is 7. The van der Waals surface area contributed by atoms with Gasteiger partial charge in [0.15, 0.2) is 11.5 Å². The molecule has 2 aromatic carbocycles. The molecule has 2 aromatic rings. The Morgan fingerprint density at radius 1 is 1.06 bits per heavy atom. The summed E-state index contributed by atoms with van der Waals surface area (Å²) >= 11 is 0. The number of likely N-dealkylation sites (tertiary alicyclic amines) is 1. The van der Waals surface area contributed by atoms with Gasteiger partial charge >= 0.3 is 6.18 Å². The maximum atomic E-state index is 14.0. The number of aliphatic imine (C=N–C) groups is 1. The van der Waals surface area contributed by atoms with Gasteiger partial charge in [0.2, 0.25) is 0 Å². The van der Waals surface area contributed by atoms with E-state index in [-0.39, 0.29) is 24.2 Å². The molecule has 0 radical (unpaired) electrons. The van der Waals surface area contributed by atoms with Crippen LogP contribution in [0.4, 0.5) is 13.2 Å². The third kappa shape index (κ3) is 4.40. The highest BCUT2D eigenvalue weighted by atomic mass is 19.4. The molecule has 0 aliphatic carbocycles. The molecule has 1 amide bonds. The molecule has 3 aliphatic rings. The zero-order chi connectivity index (χ0) is 25.6. The molecule has 5 rings (SSSR count). The summed E-state index contributed by atoms with van der Waals surface area (Å²) in [6.45, 7) is 1.04. The molecule has 2 fully saturated rings. The minimum Gasteiger partial charge on any atom is -0.493 e. The van der Waals surface area contributed by atoms with Gasteiger partial charge in [0.1, 0.15) is 11.5 Å². The van der Waals surface area contributed by atoms with E-state index in [1.807, 2.05) is 0 Å². The number of benzene rings is 2. The summed E-state index contributed by atoms with van der Waals surface area (Å²) in [7, 11) is 2.96. The molecular formula is C25H26F3N5O3. The fraction of sp³-hybridized carbons (Fsp3) is 0.360. The first kappa shape index (κ1) is 24.1. The number of amides is 1. The van der Waals surface area contributed by atoms with Crippen LogP contribution in [0.15, 0.2) is 59.2 Å². The Morgan fingerprint density at radius 2 is 1.72 bits per heavy atom. The average Bonchev–Trinajstić information content (AvgIpc) is 3.29. The van der Waals surface area contributed by atoms with Crippen LogP contribution in [0.5, 0.6) is 11.5 Å². The van der Waals surface area contributed by atoms with E-state index >= 15 is 0 Å². The molecule has 0 spiro atoms. The number of halogens is 3. The standard InChI is InChI=1S/C25H26F3N5O3/c1-35-20-8-7-16(9-21(20)36-2)18-10-22(25(26,27)28)33-23(30-18)11-19(31-33)14-3-5-15(6-4-14)24(34)32-12-17(29)13-32/h3-10,17-19,31H,11-13,29H2,1-2H3. The van der Waals surface area contributed by atoms with E-state index in [1.165, 1.54) is 14.2 Å². The summed E-state index contributed by atoms with van der Waals surface area (Å²) in [6, 6.07) is 10.6. The van der Waals surface area contributed by atoms with E-state index in [4.69, 9.17) is 15.2 Å². The van der Waals surface area contributed by atoms with E-state index in [1.54, 1.807) is 47.4 Å². The Morgan fingerprint density at radius 3 is 2.33 bits per heavy atom. The van der Waals surface area contributed by atoms with Crippen LogP contribution in [-0.2, 0) is 0 Å². The zero-order valence-electron chi connectivity index (χ0n) is 19.7. The topological polar surface area (TPSA) is 92.4 Å². The van der Waals surface area contributed by atoms with Gasteiger partial charge in [0.05, 0.1) is 26.3 Å². The maximum absolute atomic E-state index is 14.0. The van der Waals surface area contributed by atoms with Gasteiger partial charge in [-0.1, -0.05) is 18.2 Å². The smallest absolute Gasteiger partial charge is 0.432 e. The van der Waals surface area contributed by atoms with Crippen molar-refractivity contribution in [3.63, 3.8) is 0 Å². The number of allylic oxidation sites excluding steroid dienone is 1. The minimum absolute atomic E-state index is 0.00722. The largest absolute Gasteiger partial charge is 0.493 e. The minimum atomic E-state index is -4.59. The van der Waals surface area contributed by atoms with E-state index in [0.717, 1.165) is 16.6 Å². The molecule has 2 unspecified atom stereocenters. The Kier molecular flexibility index (Phi) is 6.13.